The van der Waals surface area contributed by atoms with Crippen molar-refractivity contribution in [2.45, 2.75) is 32.3 Å². The molecule has 32 heavy (non-hydrogen) atoms. The Morgan fingerprint density at radius 1 is 1.06 bits per heavy atom. The van der Waals surface area contributed by atoms with E-state index in [1.54, 1.807) is 36.7 Å². The van der Waals surface area contributed by atoms with Crippen LogP contribution in [0.2, 0.25) is 0 Å². The van der Waals surface area contributed by atoms with Crippen LogP contribution in [-0.4, -0.2) is 22.8 Å². The number of para-hydroxylation sites is 1. The van der Waals surface area contributed by atoms with Gasteiger partial charge >= 0.3 is 5.97 Å². The summed E-state index contributed by atoms with van der Waals surface area (Å²) >= 11 is 0. The molecule has 5 rings (SSSR count). The molecular weight excluding hydrogens is 406 g/mol. The summed E-state index contributed by atoms with van der Waals surface area (Å²) in [6.07, 6.45) is 5.09. The van der Waals surface area contributed by atoms with E-state index < -0.39 is 0 Å². The van der Waals surface area contributed by atoms with Crippen LogP contribution in [0.4, 0.5) is 0 Å². The van der Waals surface area contributed by atoms with Gasteiger partial charge in [-0.3, -0.25) is 14.6 Å². The molecule has 0 saturated carbocycles. The van der Waals surface area contributed by atoms with Crippen molar-refractivity contribution >= 4 is 17.8 Å². The number of carbonyl (C=O) groups excluding carboxylic acids is 2. The maximum atomic E-state index is 13.1. The molecule has 6 heteroatoms. The Morgan fingerprint density at radius 3 is 2.69 bits per heavy atom. The van der Waals surface area contributed by atoms with E-state index in [0.717, 1.165) is 11.1 Å². The van der Waals surface area contributed by atoms with Gasteiger partial charge in [0.05, 0.1) is 18.1 Å². The van der Waals surface area contributed by atoms with Gasteiger partial charge in [0, 0.05) is 29.4 Å². The van der Waals surface area contributed by atoms with Gasteiger partial charge in [-0.2, -0.15) is 0 Å². The summed E-state index contributed by atoms with van der Waals surface area (Å²) in [6.45, 7) is 3.91. The van der Waals surface area contributed by atoms with Gasteiger partial charge in [0.1, 0.15) is 17.2 Å². The van der Waals surface area contributed by atoms with Gasteiger partial charge in [-0.1, -0.05) is 24.3 Å². The quantitative estimate of drug-likeness (QED) is 0.334. The third-order valence-electron chi connectivity index (χ3n) is 5.42. The number of pyridine rings is 1. The van der Waals surface area contributed by atoms with E-state index >= 15 is 0 Å². The third kappa shape index (κ3) is 3.54. The lowest BCUT2D eigenvalue weighted by Crippen LogP contribution is -2.22. The minimum absolute atomic E-state index is 0.0282. The molecule has 0 spiro atoms. The van der Waals surface area contributed by atoms with E-state index in [2.05, 4.69) is 4.98 Å². The second-order valence-corrected chi connectivity index (χ2v) is 8.02. The van der Waals surface area contributed by atoms with E-state index in [9.17, 15) is 9.59 Å². The number of ketones is 1. The first kappa shape index (κ1) is 20.0. The van der Waals surface area contributed by atoms with Gasteiger partial charge < -0.3 is 14.2 Å². The maximum Gasteiger partial charge on any atom is 0.312 e. The van der Waals surface area contributed by atoms with Gasteiger partial charge in [0.15, 0.2) is 5.76 Å². The minimum Gasteiger partial charge on any atom is -0.491 e. The van der Waals surface area contributed by atoms with Gasteiger partial charge in [0.2, 0.25) is 5.78 Å². The molecule has 3 aromatic rings. The molecule has 0 N–H and O–H groups in total. The number of Topliss-reactive ketones (excluding diaryl/α,β-unsaturated/α-hetero) is 1. The highest BCUT2D eigenvalue weighted by atomic mass is 16.5. The number of rotatable bonds is 4. The number of carbonyl (C=O) groups is 2. The first-order chi connectivity index (χ1) is 15.5. The minimum atomic E-state index is -0.360. The average Bonchev–Trinajstić information content (AvgIpc) is 3.09. The second-order valence-electron chi connectivity index (χ2n) is 8.02. The monoisotopic (exact) mass is 427 g/mol. The lowest BCUT2D eigenvalue weighted by Gasteiger charge is -2.28. The number of aromatic nitrogens is 1. The zero-order chi connectivity index (χ0) is 22.2. The van der Waals surface area contributed by atoms with Crippen LogP contribution in [0, 0.1) is 0 Å². The topological polar surface area (TPSA) is 74.7 Å². The summed E-state index contributed by atoms with van der Waals surface area (Å²) in [5.74, 6) is 0.831. The fourth-order valence-electron chi connectivity index (χ4n) is 4.11. The summed E-state index contributed by atoms with van der Waals surface area (Å²) in [7, 11) is 0. The van der Waals surface area contributed by atoms with Gasteiger partial charge in [0.25, 0.3) is 0 Å². The van der Waals surface area contributed by atoms with E-state index in [4.69, 9.17) is 14.2 Å². The van der Waals surface area contributed by atoms with Gasteiger partial charge in [-0.15, -0.1) is 0 Å². The number of allylic oxidation sites excluding steroid dienone is 1. The molecule has 1 aromatic heterocycles. The van der Waals surface area contributed by atoms with Crippen LogP contribution in [0.25, 0.3) is 6.08 Å². The fourth-order valence-corrected chi connectivity index (χ4v) is 4.11. The first-order valence-corrected chi connectivity index (χ1v) is 10.5. The Kier molecular flexibility index (Phi) is 4.98. The second kappa shape index (κ2) is 7.96. The molecule has 0 saturated heterocycles. The number of esters is 1. The van der Waals surface area contributed by atoms with Crippen LogP contribution in [0.5, 0.6) is 17.2 Å². The smallest absolute Gasteiger partial charge is 0.312 e. The van der Waals surface area contributed by atoms with Crippen LogP contribution in [-0.2, 0) is 4.79 Å². The highest BCUT2D eigenvalue weighted by Crippen LogP contribution is 2.50. The maximum absolute atomic E-state index is 13.1. The summed E-state index contributed by atoms with van der Waals surface area (Å²) in [5, 5.41) is 0. The molecule has 1 atom stereocenters. The van der Waals surface area contributed by atoms with Crippen molar-refractivity contribution in [2.24, 2.45) is 0 Å². The molecule has 0 fully saturated rings. The Morgan fingerprint density at radius 2 is 1.91 bits per heavy atom. The van der Waals surface area contributed by atoms with Crippen molar-refractivity contribution < 1.29 is 23.8 Å². The Balaban J connectivity index is 1.63. The van der Waals surface area contributed by atoms with Crippen LogP contribution in [0.15, 0.2) is 66.7 Å². The first-order valence-electron chi connectivity index (χ1n) is 10.5. The number of ether oxygens (including phenoxy) is 3. The molecule has 2 aliphatic rings. The number of hydrogen-bond donors (Lipinski definition) is 0. The number of nitrogens with zero attached hydrogens (tertiary/aromatic N) is 1. The van der Waals surface area contributed by atoms with E-state index in [1.807, 2.05) is 44.2 Å². The van der Waals surface area contributed by atoms with Gasteiger partial charge in [-0.25, -0.2) is 0 Å². The van der Waals surface area contributed by atoms with Crippen LogP contribution < -0.4 is 14.2 Å². The zero-order valence-electron chi connectivity index (χ0n) is 17.7. The predicted molar refractivity (Wildman–Crippen MR) is 118 cm³/mol. The van der Waals surface area contributed by atoms with Gasteiger partial charge in [-0.05, 0) is 49.8 Å². The molecular formula is C26H21NO5. The largest absolute Gasteiger partial charge is 0.491 e. The highest BCUT2D eigenvalue weighted by molar-refractivity contribution is 6.15. The zero-order valence-corrected chi connectivity index (χ0v) is 17.7. The lowest BCUT2D eigenvalue weighted by molar-refractivity contribution is -0.135. The molecule has 0 aliphatic carbocycles. The molecule has 160 valence electrons. The summed E-state index contributed by atoms with van der Waals surface area (Å²) < 4.78 is 17.6. The Labute approximate surface area is 185 Å². The number of fused-ring (bicyclic) bond motifs is 3. The summed E-state index contributed by atoms with van der Waals surface area (Å²) in [6, 6.07) is 14.6. The van der Waals surface area contributed by atoms with Crippen molar-refractivity contribution in [1.82, 2.24) is 4.98 Å². The molecule has 3 heterocycles. The third-order valence-corrected chi connectivity index (χ3v) is 5.42. The van der Waals surface area contributed by atoms with Crippen molar-refractivity contribution in [2.75, 3.05) is 0 Å². The fraction of sp³-hybridized carbons (Fsp3) is 0.192. The van der Waals surface area contributed by atoms with E-state index in [1.165, 1.54) is 0 Å². The van der Waals surface area contributed by atoms with Crippen LogP contribution in [0.1, 0.15) is 53.2 Å². The molecule has 2 aromatic carbocycles. The number of benzene rings is 2. The molecule has 0 bridgehead atoms. The van der Waals surface area contributed by atoms with Crippen molar-refractivity contribution in [3.05, 3.63) is 88.9 Å². The van der Waals surface area contributed by atoms with Crippen molar-refractivity contribution in [3.8, 4) is 17.2 Å². The number of hydrogen-bond acceptors (Lipinski definition) is 6. The predicted octanol–water partition coefficient (Wildman–Crippen LogP) is 4.93. The highest BCUT2D eigenvalue weighted by Gasteiger charge is 2.39. The molecule has 0 amide bonds. The standard InChI is InChI=1S/C26H21NO5/c1-15(2)30-20-8-4-3-7-17(20)19-13-23(28)31-21-10-9-18-25(29)22(32-26(18)24(19)21)12-16-6-5-11-27-14-16/h3-12,14-15,19H,13H2,1-2H3/b22-12-. The van der Waals surface area contributed by atoms with E-state index in [0.29, 0.717) is 28.4 Å². The van der Waals surface area contributed by atoms with Crippen LogP contribution in [0.3, 0.4) is 0 Å². The normalized spacial score (nSPS) is 18.2. The summed E-state index contributed by atoms with van der Waals surface area (Å²) in [4.78, 5) is 29.6. The van der Waals surface area contributed by atoms with Crippen molar-refractivity contribution in [1.29, 1.82) is 0 Å². The lowest BCUT2D eigenvalue weighted by atomic mass is 9.84. The molecule has 2 aliphatic heterocycles. The SMILES string of the molecule is CC(C)Oc1ccccc1C1CC(=O)Oc2ccc3c(c21)O/C(=C\c1cccnc1)C3=O. The molecule has 6 nitrogen and oxygen atoms in total. The molecule has 1 unspecified atom stereocenters. The Bertz CT molecular complexity index is 1250. The Hall–Kier alpha value is -3.93. The van der Waals surface area contributed by atoms with Crippen molar-refractivity contribution in [3.63, 3.8) is 0 Å². The van der Waals surface area contributed by atoms with Crippen LogP contribution >= 0.6 is 0 Å². The summed E-state index contributed by atoms with van der Waals surface area (Å²) in [5.41, 5.74) is 2.75. The van der Waals surface area contributed by atoms with E-state index in [-0.39, 0.29) is 36.0 Å². The molecule has 0 radical (unpaired) electrons. The average molecular weight is 427 g/mol.